The van der Waals surface area contributed by atoms with Crippen LogP contribution in [0.4, 0.5) is 10.2 Å². The lowest BCUT2D eigenvalue weighted by molar-refractivity contribution is -0.138. The number of hydrogen-bond acceptors (Lipinski definition) is 17. The topological polar surface area (TPSA) is 207 Å². The summed E-state index contributed by atoms with van der Waals surface area (Å²) in [6, 6.07) is 21.1. The van der Waals surface area contributed by atoms with Crippen LogP contribution in [0, 0.1) is 12.7 Å². The Labute approximate surface area is 490 Å². The van der Waals surface area contributed by atoms with Gasteiger partial charge in [-0.1, -0.05) is 66.7 Å². The number of aromatic nitrogens is 4. The average Bonchev–Trinajstić information content (AvgIpc) is 3.50. The number of aryl methyl sites for hydroxylation is 1. The Hall–Kier alpha value is -7.27. The standard InChI is InChI=1S/C61H69ClFN9O10S/c1-5-53(74)70-21-23-71(24-22-70)59-49-35-50(62)55(48-32-44(73)31-43-9-6-7-10-47(43)48)56(63)57(49)66-61(67-59)81-38(2)36-69-19-16-45(17-20-69)79-29-27-77-25-26-78-28-30-80-52-33-46(82-68-52)34-54(75)72-18-8-11-51(72)60(76)65-39(3)41-12-14-42(15-13-41)58-40(4)64-37-83-58/h5-7,9-10,12-15,31-33,35,37-39,45,51,73H,1,8,11,16-30,34,36H2,2-4H3,(H,65,76)/t38-,39+,51+/m1/s1. The van der Waals surface area contributed by atoms with Gasteiger partial charge in [-0.05, 0) is 103 Å². The molecular formula is C61H69ClFN9O10S. The third-order valence-electron chi connectivity index (χ3n) is 15.3. The monoisotopic (exact) mass is 1170 g/mol. The van der Waals surface area contributed by atoms with E-state index in [4.69, 9.17) is 44.8 Å². The first-order valence-electron chi connectivity index (χ1n) is 28.2. The Balaban J connectivity index is 0.617. The van der Waals surface area contributed by atoms with Crippen molar-refractivity contribution in [3.63, 3.8) is 0 Å². The van der Waals surface area contributed by atoms with E-state index in [0.29, 0.717) is 101 Å². The van der Waals surface area contributed by atoms with Crippen LogP contribution in [-0.4, -0.2) is 168 Å². The van der Waals surface area contributed by atoms with E-state index in [1.165, 1.54) is 12.1 Å². The van der Waals surface area contributed by atoms with Gasteiger partial charge in [0.1, 0.15) is 41.6 Å². The van der Waals surface area contributed by atoms with E-state index in [2.05, 4.69) is 31.9 Å². The molecule has 0 bridgehead atoms. The highest BCUT2D eigenvalue weighted by Gasteiger charge is 2.35. The number of nitrogens with zero attached hydrogens (tertiary/aromatic N) is 8. The molecule has 3 aliphatic heterocycles. The third kappa shape index (κ3) is 14.4. The maximum Gasteiger partial charge on any atom is 0.319 e. The van der Waals surface area contributed by atoms with Gasteiger partial charge < -0.3 is 53.3 Å². The lowest BCUT2D eigenvalue weighted by Gasteiger charge is -2.35. The molecule has 438 valence electrons. The van der Waals surface area contributed by atoms with Gasteiger partial charge in [0.2, 0.25) is 17.7 Å². The maximum absolute atomic E-state index is 17.1. The van der Waals surface area contributed by atoms with Crippen molar-refractivity contribution in [2.45, 2.75) is 77.2 Å². The van der Waals surface area contributed by atoms with Gasteiger partial charge in [-0.25, -0.2) is 9.37 Å². The summed E-state index contributed by atoms with van der Waals surface area (Å²) in [6.07, 6.45) is 3.97. The molecule has 19 nitrogen and oxygen atoms in total. The van der Waals surface area contributed by atoms with Gasteiger partial charge in [0.05, 0.1) is 72.7 Å². The second-order valence-electron chi connectivity index (χ2n) is 21.0. The lowest BCUT2D eigenvalue weighted by atomic mass is 9.96. The van der Waals surface area contributed by atoms with Gasteiger partial charge in [-0.2, -0.15) is 9.97 Å². The minimum absolute atomic E-state index is 0.0189. The van der Waals surface area contributed by atoms with E-state index >= 15 is 4.39 Å². The Bertz CT molecular complexity index is 3410. The molecule has 3 saturated heterocycles. The van der Waals surface area contributed by atoms with Crippen LogP contribution in [0.2, 0.25) is 5.02 Å². The molecule has 2 N–H and O–H groups in total. The van der Waals surface area contributed by atoms with Crippen LogP contribution < -0.4 is 19.7 Å². The number of hydrogen-bond donors (Lipinski definition) is 2. The number of amides is 3. The van der Waals surface area contributed by atoms with Crippen LogP contribution in [0.25, 0.3) is 43.2 Å². The molecule has 3 aromatic heterocycles. The van der Waals surface area contributed by atoms with Crippen molar-refractivity contribution in [2.24, 2.45) is 0 Å². The van der Waals surface area contributed by atoms with Gasteiger partial charge in [-0.3, -0.25) is 19.3 Å². The Morgan fingerprint density at radius 3 is 2.40 bits per heavy atom. The number of halogens is 2. The molecule has 7 aromatic rings. The molecule has 0 saturated carbocycles. The smallest absolute Gasteiger partial charge is 0.319 e. The number of piperidine rings is 1. The number of aromatic hydroxyl groups is 1. The van der Waals surface area contributed by atoms with Gasteiger partial charge in [0.25, 0.3) is 5.88 Å². The van der Waals surface area contributed by atoms with Crippen LogP contribution >= 0.6 is 22.9 Å². The van der Waals surface area contributed by atoms with Crippen LogP contribution in [0.3, 0.4) is 0 Å². The Morgan fingerprint density at radius 2 is 1.65 bits per heavy atom. The predicted octanol–water partition coefficient (Wildman–Crippen LogP) is 8.97. The quantitative estimate of drug-likeness (QED) is 0.0428. The highest BCUT2D eigenvalue weighted by atomic mass is 35.5. The first-order chi connectivity index (χ1) is 40.3. The molecule has 83 heavy (non-hydrogen) atoms. The zero-order valence-corrected chi connectivity index (χ0v) is 48.5. The van der Waals surface area contributed by atoms with Crippen LogP contribution in [0.1, 0.15) is 62.6 Å². The summed E-state index contributed by atoms with van der Waals surface area (Å²) in [5.74, 6) is -0.191. The number of piperazine rings is 1. The molecule has 0 spiro atoms. The molecule has 0 aliphatic carbocycles. The van der Waals surface area contributed by atoms with Gasteiger partial charge in [0, 0.05) is 69.4 Å². The summed E-state index contributed by atoms with van der Waals surface area (Å²) >= 11 is 8.53. The summed E-state index contributed by atoms with van der Waals surface area (Å²) in [5.41, 5.74) is 5.46. The molecule has 3 amide bonds. The average molecular weight is 1170 g/mol. The van der Waals surface area contributed by atoms with E-state index in [-0.39, 0.29) is 82.7 Å². The zero-order valence-electron chi connectivity index (χ0n) is 46.9. The van der Waals surface area contributed by atoms with Gasteiger partial charge in [0.15, 0.2) is 5.82 Å². The molecule has 3 aliphatic rings. The normalized spacial score (nSPS) is 16.8. The van der Waals surface area contributed by atoms with Crippen molar-refractivity contribution >= 4 is 68.2 Å². The Morgan fingerprint density at radius 1 is 0.904 bits per heavy atom. The first kappa shape index (κ1) is 58.9. The van der Waals surface area contributed by atoms with Crippen LogP contribution in [-0.2, 0) is 35.0 Å². The number of phenols is 1. The fourth-order valence-electron chi connectivity index (χ4n) is 11.0. The molecule has 0 radical (unpaired) electrons. The van der Waals surface area contributed by atoms with Crippen molar-refractivity contribution in [2.75, 3.05) is 96.9 Å². The number of ether oxygens (including phenoxy) is 5. The van der Waals surface area contributed by atoms with Crippen molar-refractivity contribution < 1.29 is 52.1 Å². The lowest BCUT2D eigenvalue weighted by Crippen LogP contribution is -2.48. The minimum Gasteiger partial charge on any atom is -0.508 e. The largest absolute Gasteiger partial charge is 0.508 e. The highest BCUT2D eigenvalue weighted by Crippen LogP contribution is 2.43. The number of benzene rings is 4. The van der Waals surface area contributed by atoms with Gasteiger partial charge >= 0.3 is 6.01 Å². The molecule has 10 rings (SSSR count). The molecule has 3 atom stereocenters. The molecule has 4 aromatic carbocycles. The van der Waals surface area contributed by atoms with Crippen LogP contribution in [0.15, 0.2) is 95.5 Å². The van der Waals surface area contributed by atoms with E-state index < -0.39 is 11.9 Å². The molecule has 6 heterocycles. The van der Waals surface area contributed by atoms with Crippen molar-refractivity contribution in [1.29, 1.82) is 0 Å². The summed E-state index contributed by atoms with van der Waals surface area (Å²) in [7, 11) is 0. The summed E-state index contributed by atoms with van der Waals surface area (Å²) in [5, 5.41) is 19.7. The van der Waals surface area contributed by atoms with Gasteiger partial charge in [-0.15, -0.1) is 11.3 Å². The van der Waals surface area contributed by atoms with Crippen molar-refractivity contribution in [3.05, 3.63) is 119 Å². The fourth-order valence-corrected chi connectivity index (χ4v) is 12.1. The number of rotatable bonds is 24. The minimum atomic E-state index is -0.663. The Kier molecular flexibility index (Phi) is 19.5. The molecule has 3 fully saturated rings. The SMILES string of the molecule is C=CC(=O)N1CCN(c2nc(O[C@H](C)CN3CCC(OCCOCCOCCOc4cc(CC(=O)N5CCC[C@H]5C(=O)N[C@@H](C)c5ccc(-c6scnc6C)cc5)on4)CC3)nc3c(F)c(-c4cc(O)cc5ccccc45)c(Cl)cc23)CC1. The van der Waals surface area contributed by atoms with E-state index in [9.17, 15) is 19.5 Å². The first-order valence-corrected chi connectivity index (χ1v) is 29.5. The van der Waals surface area contributed by atoms with E-state index in [1.54, 1.807) is 39.3 Å². The number of carbonyl (C=O) groups is 3. The highest BCUT2D eigenvalue weighted by molar-refractivity contribution is 7.13. The summed E-state index contributed by atoms with van der Waals surface area (Å²) < 4.78 is 52.2. The second-order valence-corrected chi connectivity index (χ2v) is 22.3. The summed E-state index contributed by atoms with van der Waals surface area (Å²) in [4.78, 5) is 61.8. The number of anilines is 1. The fraction of sp³-hybridized carbons (Fsp3) is 0.426. The predicted molar refractivity (Wildman–Crippen MR) is 315 cm³/mol. The molecule has 22 heteroatoms. The number of nitrogens with one attached hydrogen (secondary N) is 1. The number of carbonyl (C=O) groups excluding carboxylic acids is 3. The van der Waals surface area contributed by atoms with E-state index in [1.807, 2.05) is 79.7 Å². The second kappa shape index (κ2) is 27.4. The maximum atomic E-state index is 17.1. The third-order valence-corrected chi connectivity index (χ3v) is 16.6. The number of likely N-dealkylation sites (tertiary alicyclic amines) is 2. The number of fused-ring (bicyclic) bond motifs is 2. The number of thiazole rings is 1. The van der Waals surface area contributed by atoms with Crippen molar-refractivity contribution in [1.82, 2.24) is 40.1 Å². The number of phenolic OH excluding ortho intramolecular Hbond substituents is 1. The molecular weight excluding hydrogens is 1110 g/mol. The van der Waals surface area contributed by atoms with E-state index in [0.717, 1.165) is 64.8 Å². The molecule has 0 unspecified atom stereocenters. The summed E-state index contributed by atoms with van der Waals surface area (Å²) in [6.45, 7) is 16.0. The van der Waals surface area contributed by atoms with Crippen molar-refractivity contribution in [3.8, 4) is 39.2 Å². The zero-order chi connectivity index (χ0) is 58.0. The van der Waals surface area contributed by atoms with Crippen LogP contribution in [0.5, 0.6) is 17.6 Å².